The van der Waals surface area contributed by atoms with Crippen LogP contribution in [-0.2, 0) is 16.1 Å². The molecule has 0 spiro atoms. The number of rotatable bonds is 13. The summed E-state index contributed by atoms with van der Waals surface area (Å²) in [7, 11) is 0. The number of nitrogens with one attached hydrogen (secondary N) is 1. The maximum Gasteiger partial charge on any atom is 0.407 e. The van der Waals surface area contributed by atoms with Gasteiger partial charge >= 0.3 is 12.0 Å². The molecule has 3 aromatic carbocycles. The molecule has 0 aliphatic carbocycles. The van der Waals surface area contributed by atoms with Gasteiger partial charge in [-0.05, 0) is 36.3 Å². The number of alkyl carbamates (subject to hydrolysis) is 1. The first-order chi connectivity index (χ1) is 20.0. The zero-order chi connectivity index (χ0) is 28.9. The standard InChI is InChI=1S/C33H35N3O5/c1-25(27-15-7-3-8-16-27)20-22-36(32(38)31-35-23-29(41-31)28-17-9-4-10-18-28)30(37)19-11-12-21-34-33(39)40-24-26-13-5-2-6-14-26/h2-10,13-18,23,25H,11-12,19-22,24H2,1H3,(H,34,39). The highest BCUT2D eigenvalue weighted by Gasteiger charge is 2.27. The molecule has 4 rings (SSSR count). The lowest BCUT2D eigenvalue weighted by molar-refractivity contribution is -0.128. The number of ether oxygens (including phenoxy) is 1. The number of carbonyl (C=O) groups is 3. The first-order valence-corrected chi connectivity index (χ1v) is 13.9. The molecule has 8 nitrogen and oxygen atoms in total. The maximum atomic E-state index is 13.4. The SMILES string of the molecule is CC(CCN(C(=O)CCCCNC(=O)OCc1ccccc1)C(=O)c1ncc(-c2ccccc2)o1)c1ccccc1. The van der Waals surface area contributed by atoms with Crippen LogP contribution in [0.3, 0.4) is 0 Å². The molecule has 0 bridgehead atoms. The monoisotopic (exact) mass is 553 g/mol. The number of nitrogens with zero attached hydrogens (tertiary/aromatic N) is 2. The number of hydrogen-bond donors (Lipinski definition) is 1. The zero-order valence-corrected chi connectivity index (χ0v) is 23.2. The summed E-state index contributed by atoms with van der Waals surface area (Å²) in [5, 5.41) is 2.70. The molecule has 1 aromatic heterocycles. The van der Waals surface area contributed by atoms with Gasteiger partial charge in [0.2, 0.25) is 5.91 Å². The highest BCUT2D eigenvalue weighted by molar-refractivity contribution is 6.02. The van der Waals surface area contributed by atoms with Gasteiger partial charge in [0.15, 0.2) is 5.76 Å². The number of aromatic nitrogens is 1. The van der Waals surface area contributed by atoms with Crippen LogP contribution < -0.4 is 5.32 Å². The Morgan fingerprint density at radius 2 is 1.56 bits per heavy atom. The number of benzene rings is 3. The van der Waals surface area contributed by atoms with Gasteiger partial charge in [-0.2, -0.15) is 0 Å². The van der Waals surface area contributed by atoms with Gasteiger partial charge in [0.05, 0.1) is 6.20 Å². The van der Waals surface area contributed by atoms with Crippen molar-refractivity contribution in [1.29, 1.82) is 0 Å². The van der Waals surface area contributed by atoms with E-state index in [0.717, 1.165) is 16.7 Å². The fourth-order valence-electron chi connectivity index (χ4n) is 4.34. The van der Waals surface area contributed by atoms with Crippen molar-refractivity contribution < 1.29 is 23.5 Å². The molecule has 212 valence electrons. The first kappa shape index (κ1) is 29.3. The maximum absolute atomic E-state index is 13.4. The normalized spacial score (nSPS) is 11.4. The second kappa shape index (κ2) is 15.2. The highest BCUT2D eigenvalue weighted by Crippen LogP contribution is 2.23. The van der Waals surface area contributed by atoms with Crippen LogP contribution in [0.1, 0.15) is 60.3 Å². The average molecular weight is 554 g/mol. The third-order valence-electron chi connectivity index (χ3n) is 6.75. The molecule has 0 radical (unpaired) electrons. The highest BCUT2D eigenvalue weighted by atomic mass is 16.5. The molecule has 0 saturated heterocycles. The van der Waals surface area contributed by atoms with Crippen molar-refractivity contribution in [3.8, 4) is 11.3 Å². The molecule has 4 aromatic rings. The van der Waals surface area contributed by atoms with Crippen LogP contribution in [0.2, 0.25) is 0 Å². The van der Waals surface area contributed by atoms with Crippen LogP contribution in [-0.4, -0.2) is 40.9 Å². The van der Waals surface area contributed by atoms with Crippen molar-refractivity contribution in [3.05, 3.63) is 114 Å². The van der Waals surface area contributed by atoms with E-state index >= 15 is 0 Å². The Morgan fingerprint density at radius 3 is 2.27 bits per heavy atom. The van der Waals surface area contributed by atoms with Gasteiger partial charge in [-0.3, -0.25) is 14.5 Å². The summed E-state index contributed by atoms with van der Waals surface area (Å²) in [5.41, 5.74) is 2.84. The van der Waals surface area contributed by atoms with Crippen LogP contribution >= 0.6 is 0 Å². The summed E-state index contributed by atoms with van der Waals surface area (Å²) in [6.07, 6.45) is 2.80. The molecular formula is C33H35N3O5. The second-order valence-corrected chi connectivity index (χ2v) is 9.79. The van der Waals surface area contributed by atoms with Gasteiger partial charge in [-0.1, -0.05) is 97.9 Å². The van der Waals surface area contributed by atoms with Crippen molar-refractivity contribution in [2.45, 2.75) is 45.1 Å². The minimum atomic E-state index is -0.556. The minimum absolute atomic E-state index is 0.118. The Morgan fingerprint density at radius 1 is 0.902 bits per heavy atom. The lowest BCUT2D eigenvalue weighted by Crippen LogP contribution is -2.38. The van der Waals surface area contributed by atoms with Gasteiger partial charge in [-0.15, -0.1) is 0 Å². The lowest BCUT2D eigenvalue weighted by atomic mass is 9.97. The number of amides is 3. The average Bonchev–Trinajstić information content (AvgIpc) is 3.52. The molecule has 0 aliphatic rings. The van der Waals surface area contributed by atoms with Gasteiger partial charge in [0, 0.05) is 25.1 Å². The lowest BCUT2D eigenvalue weighted by Gasteiger charge is -2.22. The molecule has 0 aliphatic heterocycles. The van der Waals surface area contributed by atoms with Crippen molar-refractivity contribution >= 4 is 17.9 Å². The van der Waals surface area contributed by atoms with Crippen molar-refractivity contribution in [1.82, 2.24) is 15.2 Å². The fourth-order valence-corrected chi connectivity index (χ4v) is 4.34. The van der Waals surface area contributed by atoms with Crippen LogP contribution in [0.4, 0.5) is 4.79 Å². The molecule has 8 heteroatoms. The summed E-state index contributed by atoms with van der Waals surface area (Å²) in [4.78, 5) is 44.1. The number of oxazole rings is 1. The van der Waals surface area contributed by atoms with E-state index < -0.39 is 12.0 Å². The van der Waals surface area contributed by atoms with E-state index in [2.05, 4.69) is 17.2 Å². The topological polar surface area (TPSA) is 102 Å². The molecule has 41 heavy (non-hydrogen) atoms. The number of carbonyl (C=O) groups excluding carboxylic acids is 3. The third kappa shape index (κ3) is 8.89. The molecule has 1 N–H and O–H groups in total. The quantitative estimate of drug-likeness (QED) is 0.187. The van der Waals surface area contributed by atoms with E-state index in [9.17, 15) is 14.4 Å². The van der Waals surface area contributed by atoms with Gasteiger partial charge in [-0.25, -0.2) is 9.78 Å². The van der Waals surface area contributed by atoms with E-state index in [-0.39, 0.29) is 37.3 Å². The molecule has 3 amide bonds. The minimum Gasteiger partial charge on any atom is -0.445 e. The predicted molar refractivity (Wildman–Crippen MR) is 156 cm³/mol. The first-order valence-electron chi connectivity index (χ1n) is 13.9. The second-order valence-electron chi connectivity index (χ2n) is 9.79. The van der Waals surface area contributed by atoms with E-state index in [1.807, 2.05) is 91.0 Å². The molecule has 0 saturated carbocycles. The van der Waals surface area contributed by atoms with Crippen LogP contribution in [0.25, 0.3) is 11.3 Å². The number of unbranched alkanes of at least 4 members (excludes halogenated alkanes) is 1. The molecule has 1 heterocycles. The summed E-state index contributed by atoms with van der Waals surface area (Å²) in [6.45, 7) is 2.86. The summed E-state index contributed by atoms with van der Waals surface area (Å²) in [5.74, 6) is -0.368. The summed E-state index contributed by atoms with van der Waals surface area (Å²) >= 11 is 0. The van der Waals surface area contributed by atoms with Crippen molar-refractivity contribution in [3.63, 3.8) is 0 Å². The number of imide groups is 1. The van der Waals surface area contributed by atoms with E-state index in [1.54, 1.807) is 0 Å². The zero-order valence-electron chi connectivity index (χ0n) is 23.2. The van der Waals surface area contributed by atoms with Crippen LogP contribution in [0.5, 0.6) is 0 Å². The van der Waals surface area contributed by atoms with Crippen LogP contribution in [0, 0.1) is 0 Å². The Kier molecular flexibility index (Phi) is 10.8. The molecule has 1 unspecified atom stereocenters. The molecule has 0 fully saturated rings. The van der Waals surface area contributed by atoms with Crippen molar-refractivity contribution in [2.24, 2.45) is 0 Å². The Labute approximate surface area is 240 Å². The Balaban J connectivity index is 1.31. The van der Waals surface area contributed by atoms with E-state index in [4.69, 9.17) is 9.15 Å². The van der Waals surface area contributed by atoms with E-state index in [1.165, 1.54) is 11.1 Å². The number of hydrogen-bond acceptors (Lipinski definition) is 6. The summed E-state index contributed by atoms with van der Waals surface area (Å²) < 4.78 is 11.0. The molecule has 1 atom stereocenters. The van der Waals surface area contributed by atoms with E-state index in [0.29, 0.717) is 31.6 Å². The molecular weight excluding hydrogens is 518 g/mol. The smallest absolute Gasteiger partial charge is 0.407 e. The Bertz CT molecular complexity index is 1390. The van der Waals surface area contributed by atoms with Gasteiger partial charge in [0.25, 0.3) is 5.89 Å². The van der Waals surface area contributed by atoms with Crippen LogP contribution in [0.15, 0.2) is 102 Å². The largest absolute Gasteiger partial charge is 0.445 e. The third-order valence-corrected chi connectivity index (χ3v) is 6.75. The van der Waals surface area contributed by atoms with Gasteiger partial charge < -0.3 is 14.5 Å². The van der Waals surface area contributed by atoms with Gasteiger partial charge in [0.1, 0.15) is 6.61 Å². The van der Waals surface area contributed by atoms with Crippen molar-refractivity contribution in [2.75, 3.05) is 13.1 Å². The predicted octanol–water partition coefficient (Wildman–Crippen LogP) is 6.60. The Hall–Kier alpha value is -4.72. The summed E-state index contributed by atoms with van der Waals surface area (Å²) in [6, 6.07) is 28.8. The fraction of sp³-hybridized carbons (Fsp3) is 0.273.